The normalized spacial score (nSPS) is 18.3. The Morgan fingerprint density at radius 3 is 2.84 bits per heavy atom. The summed E-state index contributed by atoms with van der Waals surface area (Å²) in [6.45, 7) is 5.49. The van der Waals surface area contributed by atoms with Gasteiger partial charge in [-0.1, -0.05) is 6.07 Å². The van der Waals surface area contributed by atoms with Crippen LogP contribution >= 0.6 is 0 Å². The van der Waals surface area contributed by atoms with Crippen molar-refractivity contribution in [3.05, 3.63) is 29.6 Å². The smallest absolute Gasteiger partial charge is 0.129 e. The van der Waals surface area contributed by atoms with Crippen LogP contribution in [0.3, 0.4) is 0 Å². The lowest BCUT2D eigenvalue weighted by molar-refractivity contribution is 0.00462. The summed E-state index contributed by atoms with van der Waals surface area (Å²) in [5, 5.41) is 9.89. The minimum absolute atomic E-state index is 0.167. The van der Waals surface area contributed by atoms with Crippen LogP contribution in [0, 0.1) is 12.7 Å². The third kappa shape index (κ3) is 4.45. The van der Waals surface area contributed by atoms with Crippen molar-refractivity contribution >= 4 is 0 Å². The second-order valence-electron chi connectivity index (χ2n) is 4.79. The quantitative estimate of drug-likeness (QED) is 0.872. The SMILES string of the molecule is Cc1ccc(OC[C@@H](O)CN2CCOCC2)cc1F. The first-order valence-electron chi connectivity index (χ1n) is 6.52. The Morgan fingerprint density at radius 1 is 1.42 bits per heavy atom. The maximum Gasteiger partial charge on any atom is 0.129 e. The summed E-state index contributed by atoms with van der Waals surface area (Å²) < 4.78 is 23.9. The van der Waals surface area contributed by atoms with E-state index in [0.717, 1.165) is 13.1 Å². The molecule has 1 N–H and O–H groups in total. The van der Waals surface area contributed by atoms with Gasteiger partial charge in [0.25, 0.3) is 0 Å². The molecule has 1 atom stereocenters. The molecule has 0 unspecified atom stereocenters. The van der Waals surface area contributed by atoms with Crippen LogP contribution in [0.2, 0.25) is 0 Å². The molecule has 1 saturated heterocycles. The van der Waals surface area contributed by atoms with Crippen LogP contribution < -0.4 is 4.74 Å². The van der Waals surface area contributed by atoms with E-state index in [1.165, 1.54) is 6.07 Å². The van der Waals surface area contributed by atoms with Gasteiger partial charge in [-0.25, -0.2) is 4.39 Å². The van der Waals surface area contributed by atoms with Gasteiger partial charge in [0.2, 0.25) is 0 Å². The average molecular weight is 269 g/mol. The first kappa shape index (κ1) is 14.2. The molecule has 4 nitrogen and oxygen atoms in total. The number of aliphatic hydroxyl groups excluding tert-OH is 1. The molecule has 2 rings (SSSR count). The molecule has 1 aliphatic heterocycles. The van der Waals surface area contributed by atoms with Crippen molar-refractivity contribution in [2.75, 3.05) is 39.5 Å². The van der Waals surface area contributed by atoms with Crippen molar-refractivity contribution in [3.63, 3.8) is 0 Å². The fourth-order valence-corrected chi connectivity index (χ4v) is 1.99. The van der Waals surface area contributed by atoms with E-state index < -0.39 is 6.10 Å². The fourth-order valence-electron chi connectivity index (χ4n) is 1.99. The molecule has 1 aromatic rings. The van der Waals surface area contributed by atoms with E-state index in [1.807, 2.05) is 0 Å². The molecule has 0 radical (unpaired) electrons. The number of hydrogen-bond acceptors (Lipinski definition) is 4. The van der Waals surface area contributed by atoms with Crippen LogP contribution in [0.25, 0.3) is 0 Å². The largest absolute Gasteiger partial charge is 0.491 e. The third-order valence-corrected chi connectivity index (χ3v) is 3.16. The number of halogens is 1. The number of β-amino-alcohol motifs (C(OH)–C–C–N with tert-alkyl or cyclic N) is 1. The van der Waals surface area contributed by atoms with Crippen molar-refractivity contribution < 1.29 is 19.0 Å². The molecule has 0 amide bonds. The van der Waals surface area contributed by atoms with E-state index >= 15 is 0 Å². The first-order valence-corrected chi connectivity index (χ1v) is 6.52. The molecule has 0 aliphatic carbocycles. The molecule has 5 heteroatoms. The lowest BCUT2D eigenvalue weighted by atomic mass is 10.2. The van der Waals surface area contributed by atoms with Gasteiger partial charge in [-0.3, -0.25) is 4.90 Å². The van der Waals surface area contributed by atoms with E-state index in [2.05, 4.69) is 4.90 Å². The lowest BCUT2D eigenvalue weighted by Crippen LogP contribution is -2.42. The van der Waals surface area contributed by atoms with E-state index in [4.69, 9.17) is 9.47 Å². The van der Waals surface area contributed by atoms with Gasteiger partial charge >= 0.3 is 0 Å². The van der Waals surface area contributed by atoms with E-state index in [0.29, 0.717) is 31.1 Å². The Morgan fingerprint density at radius 2 is 2.16 bits per heavy atom. The highest BCUT2D eigenvalue weighted by Crippen LogP contribution is 2.16. The van der Waals surface area contributed by atoms with Crippen molar-refractivity contribution in [1.82, 2.24) is 4.90 Å². The van der Waals surface area contributed by atoms with Gasteiger partial charge in [0.05, 0.1) is 13.2 Å². The highest BCUT2D eigenvalue weighted by atomic mass is 19.1. The number of aliphatic hydroxyl groups is 1. The molecule has 1 fully saturated rings. The molecule has 0 bridgehead atoms. The molecule has 1 aliphatic rings. The van der Waals surface area contributed by atoms with Gasteiger partial charge in [-0.15, -0.1) is 0 Å². The van der Waals surface area contributed by atoms with Crippen LogP contribution in [0.15, 0.2) is 18.2 Å². The second-order valence-corrected chi connectivity index (χ2v) is 4.79. The van der Waals surface area contributed by atoms with Crippen LogP contribution in [0.4, 0.5) is 4.39 Å². The molecule has 0 saturated carbocycles. The number of rotatable bonds is 5. The Balaban J connectivity index is 1.75. The summed E-state index contributed by atoms with van der Waals surface area (Å²) in [7, 11) is 0. The monoisotopic (exact) mass is 269 g/mol. The van der Waals surface area contributed by atoms with Crippen LogP contribution in [-0.4, -0.2) is 55.6 Å². The standard InChI is InChI=1S/C14H20FNO3/c1-11-2-3-13(8-14(11)15)19-10-12(17)9-16-4-6-18-7-5-16/h2-3,8,12,17H,4-7,9-10H2,1H3/t12-/m0/s1. The topological polar surface area (TPSA) is 41.9 Å². The fraction of sp³-hybridized carbons (Fsp3) is 0.571. The van der Waals surface area contributed by atoms with Crippen molar-refractivity contribution in [3.8, 4) is 5.75 Å². The second kappa shape index (κ2) is 6.84. The molecule has 1 aromatic carbocycles. The number of aryl methyl sites for hydroxylation is 1. The summed E-state index contributed by atoms with van der Waals surface area (Å²) in [5.41, 5.74) is 0.584. The lowest BCUT2D eigenvalue weighted by Gasteiger charge is -2.28. The predicted molar refractivity (Wildman–Crippen MR) is 69.9 cm³/mol. The minimum atomic E-state index is -0.581. The summed E-state index contributed by atoms with van der Waals surface area (Å²) in [6, 6.07) is 4.72. The zero-order valence-electron chi connectivity index (χ0n) is 11.1. The van der Waals surface area contributed by atoms with E-state index in [9.17, 15) is 9.50 Å². The van der Waals surface area contributed by atoms with Gasteiger partial charge in [-0.2, -0.15) is 0 Å². The van der Waals surface area contributed by atoms with Gasteiger partial charge in [0.15, 0.2) is 0 Å². The van der Waals surface area contributed by atoms with Gasteiger partial charge < -0.3 is 14.6 Å². The van der Waals surface area contributed by atoms with Crippen molar-refractivity contribution in [1.29, 1.82) is 0 Å². The summed E-state index contributed by atoms with van der Waals surface area (Å²) in [4.78, 5) is 2.13. The third-order valence-electron chi connectivity index (χ3n) is 3.16. The predicted octanol–water partition coefficient (Wildman–Crippen LogP) is 1.21. The van der Waals surface area contributed by atoms with Crippen molar-refractivity contribution in [2.24, 2.45) is 0 Å². The molecule has 0 spiro atoms. The zero-order chi connectivity index (χ0) is 13.7. The molecule has 1 heterocycles. The molecular weight excluding hydrogens is 249 g/mol. The first-order chi connectivity index (χ1) is 9.15. The number of ether oxygens (including phenoxy) is 2. The Kier molecular flexibility index (Phi) is 5.13. The van der Waals surface area contributed by atoms with E-state index in [-0.39, 0.29) is 12.4 Å². The molecule has 0 aromatic heterocycles. The van der Waals surface area contributed by atoms with Gasteiger partial charge in [-0.05, 0) is 18.6 Å². The average Bonchev–Trinajstić information content (AvgIpc) is 2.41. The van der Waals surface area contributed by atoms with Crippen molar-refractivity contribution in [2.45, 2.75) is 13.0 Å². The minimum Gasteiger partial charge on any atom is -0.491 e. The highest BCUT2D eigenvalue weighted by molar-refractivity contribution is 5.27. The summed E-state index contributed by atoms with van der Waals surface area (Å²) in [5.74, 6) is 0.157. The molecule has 19 heavy (non-hydrogen) atoms. The highest BCUT2D eigenvalue weighted by Gasteiger charge is 2.15. The van der Waals surface area contributed by atoms with Gasteiger partial charge in [0.1, 0.15) is 24.3 Å². The molecule has 106 valence electrons. The van der Waals surface area contributed by atoms with E-state index in [1.54, 1.807) is 19.1 Å². The number of nitrogens with zero attached hydrogens (tertiary/aromatic N) is 1. The van der Waals surface area contributed by atoms with Crippen LogP contribution in [-0.2, 0) is 4.74 Å². The van der Waals surface area contributed by atoms with Gasteiger partial charge in [0, 0.05) is 25.7 Å². The summed E-state index contributed by atoms with van der Waals surface area (Å²) >= 11 is 0. The Hall–Kier alpha value is -1.17. The van der Waals surface area contributed by atoms with Crippen LogP contribution in [0.5, 0.6) is 5.75 Å². The maximum absolute atomic E-state index is 13.3. The maximum atomic E-state index is 13.3. The number of benzene rings is 1. The number of morpholine rings is 1. The summed E-state index contributed by atoms with van der Waals surface area (Å²) in [6.07, 6.45) is -0.581. The zero-order valence-corrected chi connectivity index (χ0v) is 11.1. The number of hydrogen-bond donors (Lipinski definition) is 1. The molecular formula is C14H20FNO3. The Labute approximate surface area is 112 Å². The Bertz CT molecular complexity index is 408. The van der Waals surface area contributed by atoms with Crippen LogP contribution in [0.1, 0.15) is 5.56 Å².